The number of carboxylic acid groups (broad SMARTS) is 1. The number of piperidine rings is 1. The molecule has 0 bridgehead atoms. The van der Waals surface area contributed by atoms with Gasteiger partial charge in [0, 0.05) is 44.8 Å². The minimum absolute atomic E-state index is 0.0294. The van der Waals surface area contributed by atoms with Crippen molar-refractivity contribution < 1.29 is 42.6 Å². The Morgan fingerprint density at radius 2 is 1.87 bits per heavy atom. The molecule has 2 saturated heterocycles. The molecular formula is C25H32ClF3N4O6. The van der Waals surface area contributed by atoms with Crippen LogP contribution in [0.3, 0.4) is 0 Å². The second-order valence-corrected chi connectivity index (χ2v) is 10.4. The molecule has 10 nitrogen and oxygen atoms in total. The number of anilines is 1. The minimum Gasteiger partial charge on any atom is -0.483 e. The highest BCUT2D eigenvalue weighted by atomic mass is 35.5. The Balaban J connectivity index is 0.00000134. The first-order chi connectivity index (χ1) is 18.3. The van der Waals surface area contributed by atoms with Gasteiger partial charge in [-0.1, -0.05) is 11.6 Å². The molecule has 3 N–H and O–H groups in total. The fraction of sp³-hybridized carbons (Fsp3) is 0.600. The first-order valence-corrected chi connectivity index (χ1v) is 13.0. The molecule has 2 unspecified atom stereocenters. The lowest BCUT2D eigenvalue weighted by Gasteiger charge is -2.39. The summed E-state index contributed by atoms with van der Waals surface area (Å²) >= 11 is 5.71. The number of urea groups is 1. The molecule has 14 heteroatoms. The maximum absolute atomic E-state index is 12.9. The van der Waals surface area contributed by atoms with E-state index in [1.807, 2.05) is 0 Å². The molecule has 0 aromatic heterocycles. The molecule has 2 heterocycles. The van der Waals surface area contributed by atoms with E-state index in [9.17, 15) is 32.7 Å². The van der Waals surface area contributed by atoms with E-state index >= 15 is 0 Å². The highest BCUT2D eigenvalue weighted by Gasteiger charge is 2.51. The van der Waals surface area contributed by atoms with Gasteiger partial charge in [0.25, 0.3) is 6.47 Å². The first-order valence-electron chi connectivity index (χ1n) is 12.6. The zero-order valence-corrected chi connectivity index (χ0v) is 22.2. The maximum Gasteiger partial charge on any atom is 0.417 e. The standard InChI is InChI=1S/C24H30ClF3N4O4.CH2O2/c1-15-21(35)30(9-2-3-20(34)31-10-8-23(6-7-23)19(33)14-31)11-12-32(15)22(36)29-16-4-5-17(18(25)13-16)24(26,27)28;2-1-3/h4-5,13,15,19,33H,2-3,6-12,14H2,1H3,(H,29,36);1H,(H,2,3). The lowest BCUT2D eigenvalue weighted by molar-refractivity contribution is -0.140. The molecule has 1 saturated carbocycles. The summed E-state index contributed by atoms with van der Waals surface area (Å²) in [6.45, 7) is 3.25. The van der Waals surface area contributed by atoms with Crippen molar-refractivity contribution >= 4 is 41.6 Å². The molecule has 4 rings (SSSR count). The van der Waals surface area contributed by atoms with E-state index in [-0.39, 0.29) is 48.9 Å². The van der Waals surface area contributed by atoms with E-state index in [1.165, 1.54) is 4.90 Å². The number of alkyl halides is 3. The fourth-order valence-corrected chi connectivity index (χ4v) is 5.30. The van der Waals surface area contributed by atoms with Gasteiger partial charge in [-0.15, -0.1) is 0 Å². The van der Waals surface area contributed by atoms with Crippen molar-refractivity contribution in [3.8, 4) is 0 Å². The molecule has 1 aromatic rings. The van der Waals surface area contributed by atoms with Crippen molar-refractivity contribution in [2.75, 3.05) is 38.0 Å². The number of hydrogen-bond donors (Lipinski definition) is 3. The number of rotatable bonds is 5. The van der Waals surface area contributed by atoms with Crippen LogP contribution in [-0.4, -0.2) is 94.1 Å². The van der Waals surface area contributed by atoms with Gasteiger partial charge in [0.1, 0.15) is 6.04 Å². The number of piperazine rings is 1. The predicted molar refractivity (Wildman–Crippen MR) is 135 cm³/mol. The number of benzene rings is 1. The van der Waals surface area contributed by atoms with E-state index in [2.05, 4.69) is 5.32 Å². The Morgan fingerprint density at radius 1 is 1.21 bits per heavy atom. The second kappa shape index (κ2) is 12.4. The van der Waals surface area contributed by atoms with E-state index in [0.29, 0.717) is 26.1 Å². The third kappa shape index (κ3) is 7.33. The third-order valence-electron chi connectivity index (χ3n) is 7.58. The van der Waals surface area contributed by atoms with Crippen molar-refractivity contribution in [2.45, 2.75) is 57.3 Å². The number of β-amino-alcohol motifs (C(OH)–C–C–N with tert-alkyl or cyclic N) is 1. The highest BCUT2D eigenvalue weighted by molar-refractivity contribution is 6.31. The fourth-order valence-electron chi connectivity index (χ4n) is 5.01. The van der Waals surface area contributed by atoms with Crippen molar-refractivity contribution in [2.24, 2.45) is 5.41 Å². The van der Waals surface area contributed by atoms with E-state index < -0.39 is 34.9 Å². The van der Waals surface area contributed by atoms with Gasteiger partial charge < -0.3 is 30.2 Å². The van der Waals surface area contributed by atoms with Crippen LogP contribution >= 0.6 is 11.6 Å². The Morgan fingerprint density at radius 3 is 2.44 bits per heavy atom. The number of hydrogen-bond acceptors (Lipinski definition) is 5. The summed E-state index contributed by atoms with van der Waals surface area (Å²) in [5, 5.41) is 19.2. The summed E-state index contributed by atoms with van der Waals surface area (Å²) in [5.74, 6) is -0.295. The minimum atomic E-state index is -4.60. The molecule has 0 radical (unpaired) electrons. The smallest absolute Gasteiger partial charge is 0.417 e. The SMILES string of the molecule is CC1C(=O)N(CCCC(=O)N2CCC3(CC3)C(O)C2)CCN1C(=O)Nc1ccc(C(F)(F)F)c(Cl)c1.O=CO. The van der Waals surface area contributed by atoms with Crippen LogP contribution in [0.4, 0.5) is 23.7 Å². The van der Waals surface area contributed by atoms with Gasteiger partial charge >= 0.3 is 12.2 Å². The number of aliphatic hydroxyl groups excluding tert-OH is 1. The van der Waals surface area contributed by atoms with Crippen molar-refractivity contribution in [1.29, 1.82) is 0 Å². The molecule has 3 fully saturated rings. The molecule has 1 spiro atoms. The van der Waals surface area contributed by atoms with E-state index in [0.717, 1.165) is 37.5 Å². The quantitative estimate of drug-likeness (QED) is 0.461. The molecule has 2 atom stereocenters. The van der Waals surface area contributed by atoms with Crippen LogP contribution in [0.1, 0.15) is 44.6 Å². The largest absolute Gasteiger partial charge is 0.483 e. The molecule has 39 heavy (non-hydrogen) atoms. The summed E-state index contributed by atoms with van der Waals surface area (Å²) < 4.78 is 38.7. The van der Waals surface area contributed by atoms with Gasteiger partial charge in [-0.25, -0.2) is 4.79 Å². The van der Waals surface area contributed by atoms with Crippen LogP contribution in [0.15, 0.2) is 18.2 Å². The van der Waals surface area contributed by atoms with Crippen molar-refractivity contribution in [3.05, 3.63) is 28.8 Å². The van der Waals surface area contributed by atoms with Crippen LogP contribution in [-0.2, 0) is 20.6 Å². The van der Waals surface area contributed by atoms with Crippen LogP contribution in [0, 0.1) is 5.41 Å². The van der Waals surface area contributed by atoms with Crippen LogP contribution < -0.4 is 5.32 Å². The summed E-state index contributed by atoms with van der Waals surface area (Å²) in [4.78, 5) is 51.1. The Hall–Kier alpha value is -3.06. The first kappa shape index (κ1) is 30.5. The number of nitrogens with zero attached hydrogens (tertiary/aromatic N) is 3. The number of amides is 4. The van der Waals surface area contributed by atoms with E-state index in [4.69, 9.17) is 21.5 Å². The normalized spacial score (nSPS) is 22.2. The van der Waals surface area contributed by atoms with Crippen molar-refractivity contribution in [3.63, 3.8) is 0 Å². The molecule has 4 amide bonds. The Labute approximate surface area is 228 Å². The number of carbonyl (C=O) groups is 4. The molecule has 1 aliphatic carbocycles. The van der Waals surface area contributed by atoms with Crippen molar-refractivity contribution in [1.82, 2.24) is 14.7 Å². The molecule has 216 valence electrons. The van der Waals surface area contributed by atoms with Crippen LogP contribution in [0.25, 0.3) is 0 Å². The van der Waals surface area contributed by atoms with Gasteiger partial charge in [-0.05, 0) is 56.2 Å². The van der Waals surface area contributed by atoms with Crippen LogP contribution in [0.2, 0.25) is 5.02 Å². The van der Waals surface area contributed by atoms with Gasteiger partial charge in [0.05, 0.1) is 16.7 Å². The summed E-state index contributed by atoms with van der Waals surface area (Å²) in [6, 6.07) is 1.54. The summed E-state index contributed by atoms with van der Waals surface area (Å²) in [5.41, 5.74) is -0.875. The van der Waals surface area contributed by atoms with E-state index in [1.54, 1.807) is 16.7 Å². The third-order valence-corrected chi connectivity index (χ3v) is 7.89. The average molecular weight is 577 g/mol. The second-order valence-electron chi connectivity index (χ2n) is 9.99. The number of halogens is 4. The number of aliphatic hydroxyl groups is 1. The number of nitrogens with one attached hydrogen (secondary N) is 1. The summed E-state index contributed by atoms with van der Waals surface area (Å²) in [6.07, 6.45) is -1.43. The molecule has 3 aliphatic rings. The molecule has 1 aromatic carbocycles. The lowest BCUT2D eigenvalue weighted by atomic mass is 9.90. The number of likely N-dealkylation sites (tertiary alicyclic amines) is 1. The predicted octanol–water partition coefficient (Wildman–Crippen LogP) is 3.28. The Kier molecular flexibility index (Phi) is 9.70. The monoisotopic (exact) mass is 576 g/mol. The van der Waals surface area contributed by atoms with Gasteiger partial charge in [-0.3, -0.25) is 14.4 Å². The maximum atomic E-state index is 12.9. The zero-order valence-electron chi connectivity index (χ0n) is 21.4. The topological polar surface area (TPSA) is 130 Å². The Bertz CT molecular complexity index is 1080. The molecule has 2 aliphatic heterocycles. The zero-order chi connectivity index (χ0) is 29.0. The highest BCUT2D eigenvalue weighted by Crippen LogP contribution is 2.53. The van der Waals surface area contributed by atoms with Crippen LogP contribution in [0.5, 0.6) is 0 Å². The summed E-state index contributed by atoms with van der Waals surface area (Å²) in [7, 11) is 0. The van der Waals surface area contributed by atoms with Gasteiger partial charge in [0.15, 0.2) is 0 Å². The average Bonchev–Trinajstić information content (AvgIpc) is 3.64. The molecular weight excluding hydrogens is 545 g/mol. The van der Waals surface area contributed by atoms with Gasteiger partial charge in [0.2, 0.25) is 11.8 Å². The van der Waals surface area contributed by atoms with Gasteiger partial charge in [-0.2, -0.15) is 13.2 Å². The lowest BCUT2D eigenvalue weighted by Crippen LogP contribution is -2.58. The number of carbonyl (C=O) groups excluding carboxylic acids is 3.